The number of nitrogens with one attached hydrogen (secondary N) is 2. The number of piperidine rings is 1. The molecule has 0 saturated carbocycles. The molecular weight excluding hydrogens is 481 g/mol. The summed E-state index contributed by atoms with van der Waals surface area (Å²) in [6.07, 6.45) is 2.08. The zero-order valence-corrected chi connectivity index (χ0v) is 20.3. The van der Waals surface area contributed by atoms with Gasteiger partial charge in [0.05, 0.1) is 11.3 Å². The van der Waals surface area contributed by atoms with Crippen molar-refractivity contribution >= 4 is 28.3 Å². The number of halogens is 3. The minimum Gasteiger partial charge on any atom is -0.308 e. The number of aromatic nitrogens is 3. The fourth-order valence-electron chi connectivity index (χ4n) is 4.74. The van der Waals surface area contributed by atoms with Gasteiger partial charge >= 0.3 is 12.2 Å². The monoisotopic (exact) mass is 508 g/mol. The minimum atomic E-state index is -4.52. The van der Waals surface area contributed by atoms with Gasteiger partial charge in [0.1, 0.15) is 0 Å². The number of nitrogens with zero attached hydrogens (tertiary/aromatic N) is 4. The van der Waals surface area contributed by atoms with Crippen LogP contribution in [0.4, 0.5) is 29.5 Å². The topological polar surface area (TPSA) is 75.1 Å². The molecule has 0 atom stereocenters. The maximum Gasteiger partial charge on any atom is 0.416 e. The molecule has 1 aliphatic heterocycles. The smallest absolute Gasteiger partial charge is 0.308 e. The van der Waals surface area contributed by atoms with Gasteiger partial charge in [-0.25, -0.2) is 4.79 Å². The number of pyridine rings is 1. The lowest BCUT2D eigenvalue weighted by molar-refractivity contribution is -0.138. The normalized spacial score (nSPS) is 14.6. The number of likely N-dealkylation sites (tertiary alicyclic amines) is 1. The maximum absolute atomic E-state index is 13.8. The number of benzene rings is 2. The van der Waals surface area contributed by atoms with Crippen LogP contribution in [0.1, 0.15) is 30.4 Å². The molecule has 0 bridgehead atoms. The Balaban J connectivity index is 1.30. The lowest BCUT2D eigenvalue weighted by atomic mass is 10.0. The highest BCUT2D eigenvalue weighted by Gasteiger charge is 2.34. The van der Waals surface area contributed by atoms with Crippen molar-refractivity contribution in [3.63, 3.8) is 0 Å². The number of fused-ring (bicyclic) bond motifs is 1. The Bertz CT molecular complexity index is 1430. The van der Waals surface area contributed by atoms with E-state index in [2.05, 4.69) is 20.7 Å². The number of urea groups is 1. The first kappa shape index (κ1) is 24.8. The summed E-state index contributed by atoms with van der Waals surface area (Å²) in [4.78, 5) is 18.8. The van der Waals surface area contributed by atoms with Gasteiger partial charge in [0.2, 0.25) is 0 Å². The summed E-state index contributed by atoms with van der Waals surface area (Å²) in [6.45, 7) is 1.83. The fraction of sp³-hybridized carbons (Fsp3) is 0.296. The molecule has 37 heavy (non-hydrogen) atoms. The summed E-state index contributed by atoms with van der Waals surface area (Å²) in [7, 11) is 1.75. The molecule has 1 aliphatic rings. The van der Waals surface area contributed by atoms with Gasteiger partial charge in [0.15, 0.2) is 5.82 Å². The molecule has 10 heteroatoms. The number of amides is 2. The SMILES string of the molecule is Cn1nc(NC(=O)Nc2ccc(CN3CCCCC3)c(C(F)(F)F)c2)cc1-c1ccc2ccncc2c1. The van der Waals surface area contributed by atoms with Gasteiger partial charge in [-0.3, -0.25) is 19.9 Å². The van der Waals surface area contributed by atoms with Crippen molar-refractivity contribution < 1.29 is 18.0 Å². The van der Waals surface area contributed by atoms with Crippen LogP contribution in [0.5, 0.6) is 0 Å². The lowest BCUT2D eigenvalue weighted by Crippen LogP contribution is -2.30. The quantitative estimate of drug-likeness (QED) is 0.333. The van der Waals surface area contributed by atoms with E-state index in [0.717, 1.165) is 60.4 Å². The molecule has 4 aromatic rings. The maximum atomic E-state index is 13.8. The molecule has 2 aromatic heterocycles. The Labute approximate surface area is 212 Å². The Morgan fingerprint density at radius 3 is 2.57 bits per heavy atom. The van der Waals surface area contributed by atoms with Crippen LogP contribution in [0.3, 0.4) is 0 Å². The van der Waals surface area contributed by atoms with Gasteiger partial charge in [0.25, 0.3) is 0 Å². The summed E-state index contributed by atoms with van der Waals surface area (Å²) >= 11 is 0. The molecule has 1 fully saturated rings. The minimum absolute atomic E-state index is 0.0606. The summed E-state index contributed by atoms with van der Waals surface area (Å²) in [5.41, 5.74) is 1.19. The van der Waals surface area contributed by atoms with Crippen LogP contribution >= 0.6 is 0 Å². The summed E-state index contributed by atoms with van der Waals surface area (Å²) < 4.78 is 43.1. The predicted molar refractivity (Wildman–Crippen MR) is 137 cm³/mol. The van der Waals surface area contributed by atoms with Crippen molar-refractivity contribution in [1.29, 1.82) is 0 Å². The molecule has 0 radical (unpaired) electrons. The number of alkyl halides is 3. The second-order valence-electron chi connectivity index (χ2n) is 9.26. The van der Waals surface area contributed by atoms with Crippen molar-refractivity contribution in [3.8, 4) is 11.3 Å². The number of carbonyl (C=O) groups is 1. The largest absolute Gasteiger partial charge is 0.416 e. The number of hydrogen-bond donors (Lipinski definition) is 2. The Hall–Kier alpha value is -3.92. The van der Waals surface area contributed by atoms with E-state index in [9.17, 15) is 18.0 Å². The van der Waals surface area contributed by atoms with Crippen LogP contribution in [0.2, 0.25) is 0 Å². The standard InChI is InChI=1S/C27H27F3N6O/c1-35-24(19-6-5-18-9-10-31-16-21(18)13-19)15-25(34-35)33-26(37)32-22-8-7-20(23(14-22)27(28,29)30)17-36-11-3-2-4-12-36/h5-10,13-16H,2-4,11-12,17H2,1H3,(H2,32,33,34,37). The lowest BCUT2D eigenvalue weighted by Gasteiger charge is -2.27. The Kier molecular flexibility index (Phi) is 6.84. The Morgan fingerprint density at radius 1 is 0.973 bits per heavy atom. The molecule has 2 amide bonds. The number of hydrogen-bond acceptors (Lipinski definition) is 4. The molecule has 1 saturated heterocycles. The molecular formula is C27H27F3N6O. The van der Waals surface area contributed by atoms with Crippen LogP contribution < -0.4 is 10.6 Å². The molecule has 2 N–H and O–H groups in total. The average molecular weight is 509 g/mol. The van der Waals surface area contributed by atoms with E-state index in [4.69, 9.17) is 0 Å². The molecule has 3 heterocycles. The fourth-order valence-corrected chi connectivity index (χ4v) is 4.74. The molecule has 2 aromatic carbocycles. The Morgan fingerprint density at radius 2 is 1.78 bits per heavy atom. The van der Waals surface area contributed by atoms with E-state index in [-0.39, 0.29) is 23.6 Å². The van der Waals surface area contributed by atoms with E-state index in [1.54, 1.807) is 30.2 Å². The zero-order chi connectivity index (χ0) is 26.0. The molecule has 7 nitrogen and oxygen atoms in total. The van der Waals surface area contributed by atoms with Gasteiger partial charge in [-0.2, -0.15) is 18.3 Å². The average Bonchev–Trinajstić information content (AvgIpc) is 3.24. The van der Waals surface area contributed by atoms with Crippen molar-refractivity contribution in [2.75, 3.05) is 23.7 Å². The summed E-state index contributed by atoms with van der Waals surface area (Å²) in [5.74, 6) is 0.277. The number of rotatable bonds is 5. The van der Waals surface area contributed by atoms with Crippen molar-refractivity contribution in [1.82, 2.24) is 19.7 Å². The molecule has 5 rings (SSSR count). The number of anilines is 2. The first-order valence-corrected chi connectivity index (χ1v) is 12.1. The van der Waals surface area contributed by atoms with Crippen LogP contribution in [0.15, 0.2) is 60.9 Å². The van der Waals surface area contributed by atoms with E-state index < -0.39 is 17.8 Å². The highest BCUT2D eigenvalue weighted by atomic mass is 19.4. The third kappa shape index (κ3) is 5.75. The van der Waals surface area contributed by atoms with Gasteiger partial charge < -0.3 is 5.32 Å². The summed E-state index contributed by atoms with van der Waals surface area (Å²) in [6, 6.07) is 12.8. The van der Waals surface area contributed by atoms with Crippen LogP contribution in [-0.2, 0) is 19.8 Å². The molecule has 192 valence electrons. The van der Waals surface area contributed by atoms with Crippen LogP contribution in [0.25, 0.3) is 22.0 Å². The second kappa shape index (κ2) is 10.2. The van der Waals surface area contributed by atoms with Crippen LogP contribution in [0, 0.1) is 0 Å². The highest BCUT2D eigenvalue weighted by molar-refractivity contribution is 5.99. The van der Waals surface area contributed by atoms with Crippen molar-refractivity contribution in [2.24, 2.45) is 7.05 Å². The van der Waals surface area contributed by atoms with Crippen molar-refractivity contribution in [2.45, 2.75) is 32.0 Å². The zero-order valence-electron chi connectivity index (χ0n) is 20.3. The molecule has 0 spiro atoms. The van der Waals surface area contributed by atoms with Gasteiger partial charge in [0, 0.05) is 48.7 Å². The van der Waals surface area contributed by atoms with Crippen LogP contribution in [-0.4, -0.2) is 38.8 Å². The first-order chi connectivity index (χ1) is 17.8. The van der Waals surface area contributed by atoms with Gasteiger partial charge in [-0.05, 0) is 61.1 Å². The number of aryl methyl sites for hydroxylation is 1. The van der Waals surface area contributed by atoms with E-state index in [1.807, 2.05) is 29.2 Å². The van der Waals surface area contributed by atoms with E-state index in [0.29, 0.717) is 0 Å². The molecule has 0 unspecified atom stereocenters. The van der Waals surface area contributed by atoms with E-state index >= 15 is 0 Å². The highest BCUT2D eigenvalue weighted by Crippen LogP contribution is 2.35. The third-order valence-corrected chi connectivity index (χ3v) is 6.57. The van der Waals surface area contributed by atoms with Crippen molar-refractivity contribution in [3.05, 3.63) is 72.1 Å². The van der Waals surface area contributed by atoms with Gasteiger partial charge in [-0.1, -0.05) is 24.6 Å². The third-order valence-electron chi connectivity index (χ3n) is 6.57. The summed E-state index contributed by atoms with van der Waals surface area (Å²) in [5, 5.41) is 11.5. The number of carbonyl (C=O) groups excluding carboxylic acids is 1. The van der Waals surface area contributed by atoms with E-state index in [1.165, 1.54) is 12.1 Å². The first-order valence-electron chi connectivity index (χ1n) is 12.1. The second-order valence-corrected chi connectivity index (χ2v) is 9.26. The van der Waals surface area contributed by atoms with Gasteiger partial charge in [-0.15, -0.1) is 0 Å². The molecule has 0 aliphatic carbocycles. The predicted octanol–water partition coefficient (Wildman–Crippen LogP) is 6.28.